The predicted molar refractivity (Wildman–Crippen MR) is 110 cm³/mol. The second-order valence-electron chi connectivity index (χ2n) is 7.75. The highest BCUT2D eigenvalue weighted by Crippen LogP contribution is 2.52. The molecule has 2 aromatic carbocycles. The maximum Gasteiger partial charge on any atom is 0.223 e. The van der Waals surface area contributed by atoms with Gasteiger partial charge in [0.05, 0.1) is 0 Å². The van der Waals surface area contributed by atoms with E-state index in [2.05, 4.69) is 89.4 Å². The Morgan fingerprint density at radius 1 is 1.19 bits per heavy atom. The normalized spacial score (nSPS) is 23.7. The van der Waals surface area contributed by atoms with Crippen LogP contribution in [0.1, 0.15) is 37.0 Å². The van der Waals surface area contributed by atoms with Crippen molar-refractivity contribution < 1.29 is 4.79 Å². The van der Waals surface area contributed by atoms with Gasteiger partial charge < -0.3 is 10.2 Å². The lowest BCUT2D eigenvalue weighted by Gasteiger charge is -2.49. The van der Waals surface area contributed by atoms with Gasteiger partial charge in [-0.15, -0.1) is 0 Å². The minimum absolute atomic E-state index is 0.109. The summed E-state index contributed by atoms with van der Waals surface area (Å²) in [6.07, 6.45) is 4.81. The Morgan fingerprint density at radius 2 is 2.00 bits per heavy atom. The van der Waals surface area contributed by atoms with Crippen molar-refractivity contribution >= 4 is 33.6 Å². The Hall–Kier alpha value is -2.07. The quantitative estimate of drug-likeness (QED) is 0.771. The summed E-state index contributed by atoms with van der Waals surface area (Å²) in [6, 6.07) is 14.8. The van der Waals surface area contributed by atoms with Crippen LogP contribution in [-0.4, -0.2) is 18.1 Å². The third-order valence-corrected chi connectivity index (χ3v) is 6.25. The highest BCUT2D eigenvalue weighted by atomic mass is 79.9. The summed E-state index contributed by atoms with van der Waals surface area (Å²) in [5, 5.41) is 3.32. The molecule has 1 atom stereocenters. The molecule has 1 unspecified atom stereocenters. The molecule has 1 amide bonds. The van der Waals surface area contributed by atoms with Crippen LogP contribution in [0.2, 0.25) is 0 Å². The van der Waals surface area contributed by atoms with Crippen LogP contribution in [0.25, 0.3) is 6.08 Å². The van der Waals surface area contributed by atoms with E-state index in [9.17, 15) is 4.79 Å². The maximum absolute atomic E-state index is 12.4. The Balaban J connectivity index is 1.86. The molecule has 0 aromatic heterocycles. The first-order valence-electron chi connectivity index (χ1n) is 8.98. The number of carbonyl (C=O) groups is 1. The molecule has 1 N–H and O–H groups in total. The second kappa shape index (κ2) is 5.98. The predicted octanol–water partition coefficient (Wildman–Crippen LogP) is 4.78. The molecule has 2 aliphatic rings. The van der Waals surface area contributed by atoms with Gasteiger partial charge in [0.25, 0.3) is 0 Å². The van der Waals surface area contributed by atoms with E-state index in [1.807, 2.05) is 12.1 Å². The zero-order valence-corrected chi connectivity index (χ0v) is 16.9. The van der Waals surface area contributed by atoms with E-state index in [0.717, 1.165) is 16.6 Å². The lowest BCUT2D eigenvalue weighted by Crippen LogP contribution is -2.68. The van der Waals surface area contributed by atoms with Gasteiger partial charge in [-0.1, -0.05) is 65.7 Å². The number of carbonyl (C=O) groups excluding carboxylic acids is 1. The summed E-state index contributed by atoms with van der Waals surface area (Å²) in [5.74, 6) is 0.109. The van der Waals surface area contributed by atoms with Crippen molar-refractivity contribution in [1.82, 2.24) is 5.32 Å². The van der Waals surface area contributed by atoms with Crippen molar-refractivity contribution in [3.8, 4) is 0 Å². The van der Waals surface area contributed by atoms with Crippen molar-refractivity contribution in [3.05, 3.63) is 69.7 Å². The number of hydrogen-bond acceptors (Lipinski definition) is 2. The maximum atomic E-state index is 12.4. The SMILES string of the molecule is Cc1ccc2c(c1)C(C)(C)C1(C=Cc3cccc(Br)c3)NC(=O)CCN21. The fourth-order valence-corrected chi connectivity index (χ4v) is 4.71. The number of aryl methyl sites for hydroxylation is 1. The Bertz CT molecular complexity index is 918. The fourth-order valence-electron chi connectivity index (χ4n) is 4.29. The summed E-state index contributed by atoms with van der Waals surface area (Å²) < 4.78 is 1.05. The number of amides is 1. The molecule has 1 saturated heterocycles. The molecule has 0 bridgehead atoms. The molecule has 3 nitrogen and oxygen atoms in total. The molecular weight excluding hydrogens is 388 g/mol. The minimum Gasteiger partial charge on any atom is -0.344 e. The van der Waals surface area contributed by atoms with E-state index in [4.69, 9.17) is 0 Å². The number of hydrogen-bond donors (Lipinski definition) is 1. The van der Waals surface area contributed by atoms with Crippen LogP contribution in [0.5, 0.6) is 0 Å². The number of halogens is 1. The van der Waals surface area contributed by atoms with Gasteiger partial charge in [0.2, 0.25) is 5.91 Å². The van der Waals surface area contributed by atoms with Crippen LogP contribution >= 0.6 is 15.9 Å². The first-order valence-corrected chi connectivity index (χ1v) is 9.77. The van der Waals surface area contributed by atoms with Gasteiger partial charge in [-0.2, -0.15) is 0 Å². The molecule has 2 aromatic rings. The summed E-state index contributed by atoms with van der Waals surface area (Å²) in [4.78, 5) is 14.8. The van der Waals surface area contributed by atoms with Crippen LogP contribution in [0.3, 0.4) is 0 Å². The van der Waals surface area contributed by atoms with Gasteiger partial charge >= 0.3 is 0 Å². The average Bonchev–Trinajstić information content (AvgIpc) is 2.78. The van der Waals surface area contributed by atoms with Crippen molar-refractivity contribution in [1.29, 1.82) is 0 Å². The largest absolute Gasteiger partial charge is 0.344 e. The molecule has 2 aliphatic heterocycles. The van der Waals surface area contributed by atoms with E-state index >= 15 is 0 Å². The zero-order valence-electron chi connectivity index (χ0n) is 15.3. The molecule has 4 rings (SSSR count). The molecule has 0 aliphatic carbocycles. The van der Waals surface area contributed by atoms with Crippen LogP contribution in [-0.2, 0) is 10.2 Å². The molecule has 0 spiro atoms. The number of anilines is 1. The first kappa shape index (κ1) is 17.3. The zero-order chi connectivity index (χ0) is 18.5. The molecule has 0 radical (unpaired) electrons. The van der Waals surface area contributed by atoms with E-state index in [1.54, 1.807) is 0 Å². The Kier molecular flexibility index (Phi) is 3.99. The van der Waals surface area contributed by atoms with Crippen molar-refractivity contribution in [2.75, 3.05) is 11.4 Å². The van der Waals surface area contributed by atoms with E-state index in [-0.39, 0.29) is 11.3 Å². The number of nitrogens with one attached hydrogen (secondary N) is 1. The molecule has 1 fully saturated rings. The molecule has 26 heavy (non-hydrogen) atoms. The van der Waals surface area contributed by atoms with Gasteiger partial charge in [-0.05, 0) is 42.3 Å². The molecule has 2 heterocycles. The van der Waals surface area contributed by atoms with E-state index in [1.165, 1.54) is 16.8 Å². The van der Waals surface area contributed by atoms with Gasteiger partial charge in [0.15, 0.2) is 0 Å². The van der Waals surface area contributed by atoms with E-state index in [0.29, 0.717) is 6.42 Å². The topological polar surface area (TPSA) is 32.3 Å². The summed E-state index contributed by atoms with van der Waals surface area (Å²) in [7, 11) is 0. The minimum atomic E-state index is -0.555. The number of benzene rings is 2. The summed E-state index contributed by atoms with van der Waals surface area (Å²) >= 11 is 3.53. The van der Waals surface area contributed by atoms with Crippen molar-refractivity contribution in [3.63, 3.8) is 0 Å². The Labute approximate surface area is 163 Å². The highest BCUT2D eigenvalue weighted by molar-refractivity contribution is 9.10. The van der Waals surface area contributed by atoms with Gasteiger partial charge in [-0.25, -0.2) is 0 Å². The summed E-state index contributed by atoms with van der Waals surface area (Å²) in [5.41, 5.74) is 4.07. The van der Waals surface area contributed by atoms with Crippen molar-refractivity contribution in [2.24, 2.45) is 0 Å². The van der Waals surface area contributed by atoms with E-state index < -0.39 is 5.66 Å². The number of rotatable bonds is 2. The molecular formula is C22H23BrN2O. The van der Waals surface area contributed by atoms with Gasteiger partial charge in [-0.3, -0.25) is 4.79 Å². The van der Waals surface area contributed by atoms with Crippen LogP contribution in [0, 0.1) is 6.92 Å². The van der Waals surface area contributed by atoms with Crippen molar-refractivity contribution in [2.45, 2.75) is 38.3 Å². The summed E-state index contributed by atoms with van der Waals surface area (Å²) in [6.45, 7) is 7.30. The van der Waals surface area contributed by atoms with Crippen LogP contribution < -0.4 is 10.2 Å². The average molecular weight is 411 g/mol. The first-order chi connectivity index (χ1) is 12.3. The van der Waals surface area contributed by atoms with Gasteiger partial charge in [0.1, 0.15) is 5.66 Å². The fraction of sp³-hybridized carbons (Fsp3) is 0.318. The number of fused-ring (bicyclic) bond motifs is 3. The monoisotopic (exact) mass is 410 g/mol. The van der Waals surface area contributed by atoms with Crippen LogP contribution in [0.15, 0.2) is 53.0 Å². The van der Waals surface area contributed by atoms with Gasteiger partial charge in [0, 0.05) is 28.5 Å². The second-order valence-corrected chi connectivity index (χ2v) is 8.67. The smallest absolute Gasteiger partial charge is 0.223 e. The number of nitrogens with zero attached hydrogens (tertiary/aromatic N) is 1. The highest BCUT2D eigenvalue weighted by Gasteiger charge is 2.57. The lowest BCUT2D eigenvalue weighted by atomic mass is 9.74. The lowest BCUT2D eigenvalue weighted by molar-refractivity contribution is -0.124. The third-order valence-electron chi connectivity index (χ3n) is 5.75. The molecule has 134 valence electrons. The standard InChI is InChI=1S/C22H23BrN2O/c1-15-7-8-19-18(13-15)21(2,3)22(24-20(26)10-12-25(19)22)11-9-16-5-4-6-17(23)14-16/h4-9,11,13-14H,10,12H2,1-3H3,(H,24,26). The van der Waals surface area contributed by atoms with Crippen LogP contribution in [0.4, 0.5) is 5.69 Å². The third kappa shape index (κ3) is 2.50. The Morgan fingerprint density at radius 3 is 2.77 bits per heavy atom. The molecule has 0 saturated carbocycles. The molecule has 4 heteroatoms.